The Kier molecular flexibility index (Phi) is 4.36. The molecule has 0 radical (unpaired) electrons. The number of para-hydroxylation sites is 1. The maximum absolute atomic E-state index is 10.1. The minimum Gasteiger partial charge on any atom is -0.508 e. The molecule has 3 heteroatoms. The third-order valence-corrected chi connectivity index (χ3v) is 5.20. The molecule has 1 heterocycles. The summed E-state index contributed by atoms with van der Waals surface area (Å²) in [7, 11) is 0. The second kappa shape index (κ2) is 6.84. The van der Waals surface area contributed by atoms with Crippen molar-refractivity contribution in [2.45, 2.75) is 26.7 Å². The van der Waals surface area contributed by atoms with Crippen LogP contribution in [0.3, 0.4) is 0 Å². The lowest BCUT2D eigenvalue weighted by atomic mass is 9.95. The first-order chi connectivity index (χ1) is 13.1. The zero-order valence-electron chi connectivity index (χ0n) is 15.6. The molecule has 0 aliphatic rings. The molecule has 1 aromatic heterocycles. The van der Waals surface area contributed by atoms with Gasteiger partial charge in [-0.25, -0.2) is 0 Å². The number of phenolic OH excluding ortho intramolecular Hbond substituents is 2. The molecule has 0 spiro atoms. The zero-order chi connectivity index (χ0) is 19.0. The number of aryl methyl sites for hydroxylation is 2. The van der Waals surface area contributed by atoms with E-state index in [-0.39, 0.29) is 0 Å². The van der Waals surface area contributed by atoms with Crippen LogP contribution in [0.25, 0.3) is 33.3 Å². The van der Waals surface area contributed by atoms with E-state index in [0.717, 1.165) is 57.3 Å². The molecule has 0 fully saturated rings. The van der Waals surface area contributed by atoms with Gasteiger partial charge in [0.25, 0.3) is 0 Å². The summed E-state index contributed by atoms with van der Waals surface area (Å²) in [5, 5.41) is 21.3. The first-order valence-corrected chi connectivity index (χ1v) is 9.37. The van der Waals surface area contributed by atoms with Crippen LogP contribution in [0.1, 0.15) is 25.0 Å². The van der Waals surface area contributed by atoms with Gasteiger partial charge in [0.2, 0.25) is 0 Å². The summed E-state index contributed by atoms with van der Waals surface area (Å²) in [5.74, 6) is 0.664. The summed E-state index contributed by atoms with van der Waals surface area (Å²) in [6.07, 6.45) is 1.55. The van der Waals surface area contributed by atoms with Gasteiger partial charge in [0, 0.05) is 16.5 Å². The van der Waals surface area contributed by atoms with Gasteiger partial charge < -0.3 is 15.2 Å². The maximum Gasteiger partial charge on any atom is 0.118 e. The molecule has 0 atom stereocenters. The smallest absolute Gasteiger partial charge is 0.118 e. The van der Waals surface area contributed by atoms with Crippen molar-refractivity contribution < 1.29 is 10.2 Å². The highest BCUT2D eigenvalue weighted by Crippen LogP contribution is 2.40. The largest absolute Gasteiger partial charge is 0.508 e. The van der Waals surface area contributed by atoms with E-state index in [9.17, 15) is 10.2 Å². The number of benzene rings is 3. The number of H-pyrrole nitrogens is 1. The van der Waals surface area contributed by atoms with E-state index in [1.807, 2.05) is 44.2 Å². The lowest BCUT2D eigenvalue weighted by Gasteiger charge is -2.10. The van der Waals surface area contributed by atoms with Crippen molar-refractivity contribution in [1.29, 1.82) is 0 Å². The molecule has 3 nitrogen and oxygen atoms in total. The molecule has 0 bridgehead atoms. The van der Waals surface area contributed by atoms with E-state index in [0.29, 0.717) is 11.5 Å². The van der Waals surface area contributed by atoms with Crippen molar-refractivity contribution in [3.05, 3.63) is 71.8 Å². The van der Waals surface area contributed by atoms with Crippen molar-refractivity contribution >= 4 is 10.9 Å². The Bertz CT molecular complexity index is 1120. The van der Waals surface area contributed by atoms with Gasteiger partial charge >= 0.3 is 0 Å². The van der Waals surface area contributed by atoms with Crippen LogP contribution in [0, 0.1) is 0 Å². The normalized spacial score (nSPS) is 11.2. The van der Waals surface area contributed by atoms with Gasteiger partial charge in [-0.15, -0.1) is 0 Å². The minimum atomic E-state index is 0.330. The molecule has 0 aliphatic carbocycles. The molecule has 4 rings (SSSR count). The van der Waals surface area contributed by atoms with E-state index in [1.165, 1.54) is 0 Å². The molecule has 27 heavy (non-hydrogen) atoms. The number of aromatic hydroxyl groups is 2. The van der Waals surface area contributed by atoms with Crippen LogP contribution in [-0.2, 0) is 12.8 Å². The Hall–Kier alpha value is -3.20. The highest BCUT2D eigenvalue weighted by molar-refractivity contribution is 6.04. The van der Waals surface area contributed by atoms with Gasteiger partial charge in [-0.2, -0.15) is 0 Å². The fraction of sp³-hybridized carbons (Fsp3) is 0.167. The van der Waals surface area contributed by atoms with E-state index >= 15 is 0 Å². The molecule has 0 saturated heterocycles. The van der Waals surface area contributed by atoms with Crippen LogP contribution < -0.4 is 0 Å². The number of rotatable bonds is 4. The van der Waals surface area contributed by atoms with Crippen molar-refractivity contribution in [3.8, 4) is 33.9 Å². The molecular formula is C24H23NO2. The quantitative estimate of drug-likeness (QED) is 0.417. The second-order valence-electron chi connectivity index (χ2n) is 6.81. The predicted molar refractivity (Wildman–Crippen MR) is 111 cm³/mol. The zero-order valence-corrected chi connectivity index (χ0v) is 15.6. The standard InChI is InChI=1S/C24H23NO2/c1-3-15-13-17(9-11-21(15)26)23-19-7-5-6-8-20(19)25-24(23)18-10-12-22(27)16(4-2)14-18/h5-14,25-27H,3-4H2,1-2H3. The van der Waals surface area contributed by atoms with Gasteiger partial charge in [0.05, 0.1) is 5.69 Å². The molecule has 0 aliphatic heterocycles. The van der Waals surface area contributed by atoms with Crippen molar-refractivity contribution in [2.75, 3.05) is 0 Å². The maximum atomic E-state index is 10.1. The summed E-state index contributed by atoms with van der Waals surface area (Å²) in [6.45, 7) is 4.08. The summed E-state index contributed by atoms with van der Waals surface area (Å²) in [5.41, 5.74) is 7.19. The summed E-state index contributed by atoms with van der Waals surface area (Å²) < 4.78 is 0. The molecule has 0 amide bonds. The Morgan fingerprint density at radius 1 is 0.741 bits per heavy atom. The lowest BCUT2D eigenvalue weighted by Crippen LogP contribution is -1.88. The SMILES string of the molecule is CCc1cc(-c2[nH]c3ccccc3c2-c2ccc(O)c(CC)c2)ccc1O. The Balaban J connectivity index is 2.01. The summed E-state index contributed by atoms with van der Waals surface area (Å²) in [4.78, 5) is 3.56. The van der Waals surface area contributed by atoms with E-state index in [4.69, 9.17) is 0 Å². The number of nitrogens with one attached hydrogen (secondary N) is 1. The van der Waals surface area contributed by atoms with Crippen LogP contribution in [0.5, 0.6) is 11.5 Å². The van der Waals surface area contributed by atoms with Crippen molar-refractivity contribution in [3.63, 3.8) is 0 Å². The topological polar surface area (TPSA) is 56.2 Å². The second-order valence-corrected chi connectivity index (χ2v) is 6.81. The Morgan fingerprint density at radius 2 is 1.33 bits per heavy atom. The van der Waals surface area contributed by atoms with Gasteiger partial charge in [-0.05, 0) is 71.5 Å². The molecule has 3 N–H and O–H groups in total. The molecule has 3 aromatic carbocycles. The number of hydrogen-bond acceptors (Lipinski definition) is 2. The average molecular weight is 357 g/mol. The minimum absolute atomic E-state index is 0.330. The van der Waals surface area contributed by atoms with E-state index in [1.54, 1.807) is 12.1 Å². The molecular weight excluding hydrogens is 334 g/mol. The Labute approximate surface area is 158 Å². The number of hydrogen-bond donors (Lipinski definition) is 3. The molecule has 136 valence electrons. The molecule has 4 aromatic rings. The first kappa shape index (κ1) is 17.2. The summed E-state index contributed by atoms with van der Waals surface area (Å²) in [6, 6.07) is 19.8. The average Bonchev–Trinajstić information content (AvgIpc) is 3.08. The predicted octanol–water partition coefficient (Wildman–Crippen LogP) is 6.04. The van der Waals surface area contributed by atoms with Crippen molar-refractivity contribution in [1.82, 2.24) is 4.98 Å². The monoisotopic (exact) mass is 357 g/mol. The van der Waals surface area contributed by atoms with Gasteiger partial charge in [0.15, 0.2) is 0 Å². The van der Waals surface area contributed by atoms with E-state index in [2.05, 4.69) is 23.2 Å². The highest BCUT2D eigenvalue weighted by Gasteiger charge is 2.17. The van der Waals surface area contributed by atoms with Gasteiger partial charge in [0.1, 0.15) is 11.5 Å². The van der Waals surface area contributed by atoms with Crippen LogP contribution in [0.4, 0.5) is 0 Å². The number of aromatic nitrogens is 1. The van der Waals surface area contributed by atoms with Gasteiger partial charge in [-0.1, -0.05) is 38.1 Å². The molecule has 0 saturated carbocycles. The third-order valence-electron chi connectivity index (χ3n) is 5.20. The molecule has 0 unspecified atom stereocenters. The third kappa shape index (κ3) is 2.95. The first-order valence-electron chi connectivity index (χ1n) is 9.37. The lowest BCUT2D eigenvalue weighted by molar-refractivity contribution is 0.468. The number of aromatic amines is 1. The fourth-order valence-corrected chi connectivity index (χ4v) is 3.71. The van der Waals surface area contributed by atoms with Crippen LogP contribution in [0.15, 0.2) is 60.7 Å². The van der Waals surface area contributed by atoms with E-state index < -0.39 is 0 Å². The number of phenols is 2. The Morgan fingerprint density at radius 3 is 2.00 bits per heavy atom. The van der Waals surface area contributed by atoms with Gasteiger partial charge in [-0.3, -0.25) is 0 Å². The number of fused-ring (bicyclic) bond motifs is 1. The van der Waals surface area contributed by atoms with Crippen LogP contribution in [-0.4, -0.2) is 15.2 Å². The van der Waals surface area contributed by atoms with Crippen LogP contribution >= 0.6 is 0 Å². The van der Waals surface area contributed by atoms with Crippen LogP contribution in [0.2, 0.25) is 0 Å². The van der Waals surface area contributed by atoms with Crippen molar-refractivity contribution in [2.24, 2.45) is 0 Å². The summed E-state index contributed by atoms with van der Waals surface area (Å²) >= 11 is 0. The fourth-order valence-electron chi connectivity index (χ4n) is 3.71. The highest BCUT2D eigenvalue weighted by atomic mass is 16.3.